The first-order valence-corrected chi connectivity index (χ1v) is 8.05. The smallest absolute Gasteiger partial charge is 0.359 e. The maximum Gasteiger partial charge on any atom is 0.359 e. The van der Waals surface area contributed by atoms with E-state index >= 15 is 0 Å². The van der Waals surface area contributed by atoms with Crippen molar-refractivity contribution in [2.45, 2.75) is 13.8 Å². The van der Waals surface area contributed by atoms with Gasteiger partial charge in [0.2, 0.25) is 5.82 Å². The minimum Gasteiger partial charge on any atom is -0.464 e. The molecule has 136 valence electrons. The number of hydrogen-bond donors (Lipinski definition) is 2. The molecule has 3 aromatic heterocycles. The van der Waals surface area contributed by atoms with Gasteiger partial charge in [-0.2, -0.15) is 10.1 Å². The van der Waals surface area contributed by atoms with Gasteiger partial charge >= 0.3 is 5.97 Å². The van der Waals surface area contributed by atoms with Crippen molar-refractivity contribution in [1.29, 1.82) is 0 Å². The third-order valence-electron chi connectivity index (χ3n) is 4.02. The fraction of sp³-hybridized carbons (Fsp3) is 0.176. The fourth-order valence-corrected chi connectivity index (χ4v) is 2.79. The van der Waals surface area contributed by atoms with E-state index in [0.29, 0.717) is 22.4 Å². The van der Waals surface area contributed by atoms with Crippen LogP contribution in [0.3, 0.4) is 0 Å². The first-order chi connectivity index (χ1) is 13.0. The molecule has 4 aromatic rings. The van der Waals surface area contributed by atoms with E-state index in [0.717, 1.165) is 11.4 Å². The third-order valence-corrected chi connectivity index (χ3v) is 4.02. The molecule has 27 heavy (non-hydrogen) atoms. The summed E-state index contributed by atoms with van der Waals surface area (Å²) in [5.41, 5.74) is 2.88. The van der Waals surface area contributed by atoms with Gasteiger partial charge in [-0.1, -0.05) is 0 Å². The Morgan fingerprint density at radius 3 is 2.78 bits per heavy atom. The number of benzene rings is 1. The van der Waals surface area contributed by atoms with Crippen LogP contribution in [0.15, 0.2) is 24.3 Å². The molecule has 2 N–H and O–H groups in total. The predicted molar refractivity (Wildman–Crippen MR) is 95.6 cm³/mol. The number of aromatic nitrogens is 6. The normalized spacial score (nSPS) is 11.1. The van der Waals surface area contributed by atoms with Crippen LogP contribution in [-0.2, 0) is 4.74 Å². The van der Waals surface area contributed by atoms with Crippen molar-refractivity contribution in [1.82, 2.24) is 29.8 Å². The van der Waals surface area contributed by atoms with Crippen LogP contribution in [0, 0.1) is 13.8 Å². The molecular formula is C17H15N7O3. The highest BCUT2D eigenvalue weighted by Gasteiger charge is 2.18. The van der Waals surface area contributed by atoms with Crippen LogP contribution in [-0.4, -0.2) is 48.8 Å². The average Bonchev–Trinajstić information content (AvgIpc) is 3.25. The van der Waals surface area contributed by atoms with Crippen molar-refractivity contribution in [3.63, 3.8) is 0 Å². The number of aromatic amines is 1. The quantitative estimate of drug-likeness (QED) is 0.528. The summed E-state index contributed by atoms with van der Waals surface area (Å²) in [6.07, 6.45) is 0. The minimum atomic E-state index is -0.566. The van der Waals surface area contributed by atoms with Crippen molar-refractivity contribution in [3.8, 4) is 0 Å². The standard InChI is InChI=1S/C17H15N7O3/c1-8-6-9(2)24-17(18-8)20-14(23-24)15(25)19-10-4-5-12-11(7-10)13(22-21-12)16(26)27-3/h4-7H,1-3H3,(H,19,25)(H,21,22). The number of aryl methyl sites for hydroxylation is 2. The van der Waals surface area contributed by atoms with Gasteiger partial charge in [0.1, 0.15) is 0 Å². The Balaban J connectivity index is 1.66. The van der Waals surface area contributed by atoms with Crippen molar-refractivity contribution in [2.24, 2.45) is 0 Å². The summed E-state index contributed by atoms with van der Waals surface area (Å²) < 4.78 is 6.22. The Labute approximate surface area is 152 Å². The molecule has 0 unspecified atom stereocenters. The molecule has 10 heteroatoms. The van der Waals surface area contributed by atoms with Gasteiger partial charge in [0.25, 0.3) is 11.7 Å². The Morgan fingerprint density at radius 1 is 1.19 bits per heavy atom. The zero-order chi connectivity index (χ0) is 19.1. The van der Waals surface area contributed by atoms with Crippen LogP contribution in [0.2, 0.25) is 0 Å². The van der Waals surface area contributed by atoms with Gasteiger partial charge in [0, 0.05) is 22.5 Å². The molecule has 0 saturated heterocycles. The van der Waals surface area contributed by atoms with E-state index in [9.17, 15) is 9.59 Å². The summed E-state index contributed by atoms with van der Waals surface area (Å²) in [7, 11) is 1.28. The molecule has 0 bridgehead atoms. The zero-order valence-corrected chi connectivity index (χ0v) is 14.8. The predicted octanol–water partition coefficient (Wildman–Crippen LogP) is 1.66. The number of methoxy groups -OCH3 is 1. The molecular weight excluding hydrogens is 350 g/mol. The lowest BCUT2D eigenvalue weighted by molar-refractivity contribution is 0.0596. The molecule has 1 amide bonds. The second-order valence-electron chi connectivity index (χ2n) is 5.96. The number of nitrogens with zero attached hydrogens (tertiary/aromatic N) is 5. The SMILES string of the molecule is COC(=O)c1n[nH]c2ccc(NC(=O)c3nc4nc(C)cc(C)n4n3)cc12. The molecule has 1 aromatic carbocycles. The average molecular weight is 365 g/mol. The molecule has 3 heterocycles. The van der Waals surface area contributed by atoms with Gasteiger partial charge in [-0.25, -0.2) is 14.3 Å². The van der Waals surface area contributed by atoms with Crippen molar-refractivity contribution < 1.29 is 14.3 Å². The number of H-pyrrole nitrogens is 1. The van der Waals surface area contributed by atoms with Crippen molar-refractivity contribution >= 4 is 34.2 Å². The van der Waals surface area contributed by atoms with Crippen LogP contribution in [0.4, 0.5) is 5.69 Å². The molecule has 0 aliphatic heterocycles. The number of nitrogens with one attached hydrogen (secondary N) is 2. The molecule has 0 aliphatic rings. The van der Waals surface area contributed by atoms with E-state index in [-0.39, 0.29) is 11.5 Å². The van der Waals surface area contributed by atoms with Gasteiger partial charge < -0.3 is 10.1 Å². The van der Waals surface area contributed by atoms with E-state index in [1.54, 1.807) is 18.2 Å². The number of fused-ring (bicyclic) bond motifs is 2. The maximum absolute atomic E-state index is 12.5. The molecule has 0 radical (unpaired) electrons. The van der Waals surface area contributed by atoms with Crippen molar-refractivity contribution in [3.05, 3.63) is 47.2 Å². The Hall–Kier alpha value is -3.82. The summed E-state index contributed by atoms with van der Waals surface area (Å²) in [5, 5.41) is 14.1. The second kappa shape index (κ2) is 6.16. The maximum atomic E-state index is 12.5. The molecule has 0 fully saturated rings. The molecule has 0 atom stereocenters. The van der Waals surface area contributed by atoms with Crippen LogP contribution < -0.4 is 5.32 Å². The Kier molecular flexibility index (Phi) is 3.80. The minimum absolute atomic E-state index is 0.00307. The first-order valence-electron chi connectivity index (χ1n) is 8.05. The zero-order valence-electron chi connectivity index (χ0n) is 14.8. The summed E-state index contributed by atoms with van der Waals surface area (Å²) in [5.74, 6) is -0.698. The van der Waals surface area contributed by atoms with Crippen molar-refractivity contribution in [2.75, 3.05) is 12.4 Å². The Morgan fingerprint density at radius 2 is 2.00 bits per heavy atom. The summed E-state index contributed by atoms with van der Waals surface area (Å²) >= 11 is 0. The number of anilines is 1. The number of carbonyl (C=O) groups is 2. The van der Waals surface area contributed by atoms with Crippen LogP contribution in [0.5, 0.6) is 0 Å². The van der Waals surface area contributed by atoms with Gasteiger partial charge in [-0.3, -0.25) is 9.89 Å². The lowest BCUT2D eigenvalue weighted by Crippen LogP contribution is -2.14. The summed E-state index contributed by atoms with van der Waals surface area (Å²) in [6.45, 7) is 3.71. The number of rotatable bonds is 3. The lowest BCUT2D eigenvalue weighted by Gasteiger charge is -2.03. The molecule has 4 rings (SSSR count). The Bertz CT molecular complexity index is 1210. The summed E-state index contributed by atoms with van der Waals surface area (Å²) in [6, 6.07) is 6.87. The highest BCUT2D eigenvalue weighted by Crippen LogP contribution is 2.21. The third kappa shape index (κ3) is 2.86. The van der Waals surface area contributed by atoms with Gasteiger partial charge in [-0.15, -0.1) is 5.10 Å². The fourth-order valence-electron chi connectivity index (χ4n) is 2.79. The molecule has 0 spiro atoms. The highest BCUT2D eigenvalue weighted by molar-refractivity contribution is 6.06. The van der Waals surface area contributed by atoms with E-state index in [1.807, 2.05) is 19.9 Å². The van der Waals surface area contributed by atoms with E-state index in [2.05, 4.69) is 30.6 Å². The highest BCUT2D eigenvalue weighted by atomic mass is 16.5. The summed E-state index contributed by atoms with van der Waals surface area (Å²) in [4.78, 5) is 32.8. The number of amides is 1. The number of hydrogen-bond acceptors (Lipinski definition) is 7. The molecule has 10 nitrogen and oxygen atoms in total. The first kappa shape index (κ1) is 16.6. The van der Waals surface area contributed by atoms with Gasteiger partial charge in [0.15, 0.2) is 5.69 Å². The van der Waals surface area contributed by atoms with E-state index in [1.165, 1.54) is 11.6 Å². The number of ether oxygens (including phenoxy) is 1. The van der Waals surface area contributed by atoms with E-state index in [4.69, 9.17) is 4.74 Å². The molecule has 0 saturated carbocycles. The topological polar surface area (TPSA) is 127 Å². The van der Waals surface area contributed by atoms with Crippen LogP contribution >= 0.6 is 0 Å². The monoisotopic (exact) mass is 365 g/mol. The van der Waals surface area contributed by atoms with Gasteiger partial charge in [0.05, 0.1) is 12.6 Å². The number of carbonyl (C=O) groups excluding carboxylic acids is 2. The van der Waals surface area contributed by atoms with E-state index < -0.39 is 11.9 Å². The molecule has 0 aliphatic carbocycles. The number of esters is 1. The van der Waals surface area contributed by atoms with Crippen LogP contribution in [0.1, 0.15) is 32.5 Å². The van der Waals surface area contributed by atoms with Crippen LogP contribution in [0.25, 0.3) is 16.7 Å². The van der Waals surface area contributed by atoms with Gasteiger partial charge in [-0.05, 0) is 38.1 Å². The lowest BCUT2D eigenvalue weighted by atomic mass is 10.2. The largest absolute Gasteiger partial charge is 0.464 e. The second-order valence-corrected chi connectivity index (χ2v) is 5.96.